The van der Waals surface area contributed by atoms with Crippen LogP contribution in [0.1, 0.15) is 5.89 Å². The van der Waals surface area contributed by atoms with Crippen LogP contribution in [0.4, 0.5) is 0 Å². The molecule has 0 saturated carbocycles. The molecule has 0 aliphatic carbocycles. The van der Waals surface area contributed by atoms with Gasteiger partial charge in [0, 0.05) is 0 Å². The largest absolute Gasteiger partial charge is 0.337 e. The van der Waals surface area contributed by atoms with Crippen molar-refractivity contribution in [1.29, 1.82) is 0 Å². The van der Waals surface area contributed by atoms with E-state index in [0.29, 0.717) is 5.89 Å². The second kappa shape index (κ2) is 3.08. The summed E-state index contributed by atoms with van der Waals surface area (Å²) in [5.74, 6) is 1.30. The molecule has 0 aliphatic heterocycles. The predicted octanol–water partition coefficient (Wildman–Crippen LogP) is 1.59. The number of hydrogen-bond acceptors (Lipinski definition) is 4. The third kappa shape index (κ3) is 1.87. The Morgan fingerprint density at radius 2 is 2.56 bits per heavy atom. The van der Waals surface area contributed by atoms with E-state index >= 15 is 0 Å². The van der Waals surface area contributed by atoms with Crippen LogP contribution in [0.2, 0.25) is 5.28 Å². The van der Waals surface area contributed by atoms with Gasteiger partial charge in [-0.25, -0.2) is 0 Å². The van der Waals surface area contributed by atoms with E-state index in [1.165, 1.54) is 0 Å². The number of halogens is 1. The quantitative estimate of drug-likeness (QED) is 0.666. The average Bonchev–Trinajstić information content (AvgIpc) is 2.17. The van der Waals surface area contributed by atoms with Crippen LogP contribution in [0.25, 0.3) is 0 Å². The molecule has 0 saturated heterocycles. The molecule has 1 heterocycles. The minimum Gasteiger partial charge on any atom is -0.337 e. The standard InChI is InChI=1S/C4H5ClN2OS/c1-9-2-3-6-4(5)7-8-3/h2H2,1H3. The third-order valence-electron chi connectivity index (χ3n) is 0.711. The number of hydrogen-bond donors (Lipinski definition) is 0. The van der Waals surface area contributed by atoms with Gasteiger partial charge in [-0.05, 0) is 23.0 Å². The number of thioether (sulfide) groups is 1. The van der Waals surface area contributed by atoms with E-state index in [0.717, 1.165) is 5.75 Å². The molecule has 1 aromatic heterocycles. The molecule has 50 valence electrons. The van der Waals surface area contributed by atoms with E-state index < -0.39 is 0 Å². The zero-order valence-corrected chi connectivity index (χ0v) is 6.37. The molecule has 5 heteroatoms. The van der Waals surface area contributed by atoms with Gasteiger partial charge < -0.3 is 4.52 Å². The van der Waals surface area contributed by atoms with Gasteiger partial charge in [-0.2, -0.15) is 16.7 Å². The smallest absolute Gasteiger partial charge is 0.263 e. The van der Waals surface area contributed by atoms with Crippen LogP contribution in [0.5, 0.6) is 0 Å². The number of aromatic nitrogens is 2. The van der Waals surface area contributed by atoms with Gasteiger partial charge in [0.1, 0.15) is 0 Å². The molecule has 0 unspecified atom stereocenters. The van der Waals surface area contributed by atoms with E-state index in [1.54, 1.807) is 11.8 Å². The second-order valence-electron chi connectivity index (χ2n) is 1.39. The van der Waals surface area contributed by atoms with Crippen LogP contribution < -0.4 is 0 Å². The van der Waals surface area contributed by atoms with E-state index in [-0.39, 0.29) is 5.28 Å². The van der Waals surface area contributed by atoms with Crippen molar-refractivity contribution in [3.05, 3.63) is 11.2 Å². The highest BCUT2D eigenvalue weighted by atomic mass is 35.5. The van der Waals surface area contributed by atoms with Gasteiger partial charge in [0.2, 0.25) is 5.89 Å². The van der Waals surface area contributed by atoms with Crippen LogP contribution in [-0.4, -0.2) is 16.4 Å². The lowest BCUT2D eigenvalue weighted by Crippen LogP contribution is -1.75. The van der Waals surface area contributed by atoms with Crippen molar-refractivity contribution in [2.45, 2.75) is 5.75 Å². The van der Waals surface area contributed by atoms with Crippen molar-refractivity contribution < 1.29 is 4.52 Å². The molecule has 9 heavy (non-hydrogen) atoms. The highest BCUT2D eigenvalue weighted by Gasteiger charge is 2.00. The SMILES string of the molecule is CSCc1nc(Cl)no1. The molecule has 0 N–H and O–H groups in total. The fraction of sp³-hybridized carbons (Fsp3) is 0.500. The molecule has 0 aromatic carbocycles. The molecule has 0 aliphatic rings. The van der Waals surface area contributed by atoms with E-state index in [9.17, 15) is 0 Å². The molecular formula is C4H5ClN2OS. The van der Waals surface area contributed by atoms with Crippen molar-refractivity contribution in [3.8, 4) is 0 Å². The molecule has 0 amide bonds. The van der Waals surface area contributed by atoms with E-state index in [1.807, 2.05) is 6.26 Å². The van der Waals surface area contributed by atoms with Crippen molar-refractivity contribution in [2.75, 3.05) is 6.26 Å². The molecular weight excluding hydrogens is 160 g/mol. The number of rotatable bonds is 2. The van der Waals surface area contributed by atoms with Crippen molar-refractivity contribution in [2.24, 2.45) is 0 Å². The molecule has 1 aromatic rings. The normalized spacial score (nSPS) is 10.0. The summed E-state index contributed by atoms with van der Waals surface area (Å²) in [5.41, 5.74) is 0. The van der Waals surface area contributed by atoms with Gasteiger partial charge in [-0.15, -0.1) is 0 Å². The lowest BCUT2D eigenvalue weighted by atomic mass is 10.8. The minimum absolute atomic E-state index is 0.180. The van der Waals surface area contributed by atoms with Crippen molar-refractivity contribution in [3.63, 3.8) is 0 Å². The summed E-state index contributed by atoms with van der Waals surface area (Å²) in [4.78, 5) is 3.77. The summed E-state index contributed by atoms with van der Waals surface area (Å²) < 4.78 is 4.69. The maximum Gasteiger partial charge on any atom is 0.263 e. The van der Waals surface area contributed by atoms with Crippen molar-refractivity contribution >= 4 is 23.4 Å². The summed E-state index contributed by atoms with van der Waals surface area (Å²) in [6.07, 6.45) is 1.96. The Kier molecular flexibility index (Phi) is 2.36. The zero-order valence-electron chi connectivity index (χ0n) is 4.80. The molecule has 1 rings (SSSR count). The molecule has 0 bridgehead atoms. The van der Waals surface area contributed by atoms with E-state index in [4.69, 9.17) is 16.1 Å². The van der Waals surface area contributed by atoms with Crippen LogP contribution in [0.15, 0.2) is 4.52 Å². The monoisotopic (exact) mass is 164 g/mol. The molecule has 0 fully saturated rings. The Labute approximate surface area is 61.8 Å². The summed E-state index contributed by atoms with van der Waals surface area (Å²) in [6.45, 7) is 0. The summed E-state index contributed by atoms with van der Waals surface area (Å²) in [5, 5.41) is 3.58. The zero-order chi connectivity index (χ0) is 6.69. The first kappa shape index (κ1) is 6.89. The first-order valence-electron chi connectivity index (χ1n) is 2.30. The summed E-state index contributed by atoms with van der Waals surface area (Å²) >= 11 is 6.98. The maximum atomic E-state index is 5.37. The second-order valence-corrected chi connectivity index (χ2v) is 2.59. The molecule has 0 atom stereocenters. The van der Waals surface area contributed by atoms with Crippen LogP contribution in [-0.2, 0) is 5.75 Å². The highest BCUT2D eigenvalue weighted by molar-refractivity contribution is 7.97. The van der Waals surface area contributed by atoms with Gasteiger partial charge in [-0.3, -0.25) is 0 Å². The van der Waals surface area contributed by atoms with Gasteiger partial charge in [0.15, 0.2) is 0 Å². The topological polar surface area (TPSA) is 38.9 Å². The number of nitrogens with zero attached hydrogens (tertiary/aromatic N) is 2. The lowest BCUT2D eigenvalue weighted by Gasteiger charge is -1.82. The van der Waals surface area contributed by atoms with Crippen LogP contribution >= 0.6 is 23.4 Å². The Morgan fingerprint density at radius 3 is 3.00 bits per heavy atom. The Bertz CT molecular complexity index is 190. The maximum absolute atomic E-state index is 5.37. The van der Waals surface area contributed by atoms with Crippen LogP contribution in [0, 0.1) is 0 Å². The first-order valence-corrected chi connectivity index (χ1v) is 4.07. The lowest BCUT2D eigenvalue weighted by molar-refractivity contribution is 0.390. The summed E-state index contributed by atoms with van der Waals surface area (Å²) in [6, 6.07) is 0. The van der Waals surface area contributed by atoms with E-state index in [2.05, 4.69) is 10.1 Å². The fourth-order valence-corrected chi connectivity index (χ4v) is 0.909. The first-order chi connectivity index (χ1) is 4.33. The highest BCUT2D eigenvalue weighted by Crippen LogP contribution is 2.08. The van der Waals surface area contributed by atoms with Crippen molar-refractivity contribution in [1.82, 2.24) is 10.1 Å². The Hall–Kier alpha value is -0.220. The summed E-state index contributed by atoms with van der Waals surface area (Å²) in [7, 11) is 0. The molecule has 3 nitrogen and oxygen atoms in total. The van der Waals surface area contributed by atoms with Gasteiger partial charge >= 0.3 is 0 Å². The predicted molar refractivity (Wildman–Crippen MR) is 36.5 cm³/mol. The Morgan fingerprint density at radius 1 is 1.78 bits per heavy atom. The van der Waals surface area contributed by atoms with Gasteiger partial charge in [0.25, 0.3) is 5.28 Å². The average molecular weight is 165 g/mol. The minimum atomic E-state index is 0.180. The third-order valence-corrected chi connectivity index (χ3v) is 1.40. The van der Waals surface area contributed by atoms with Crippen LogP contribution in [0.3, 0.4) is 0 Å². The van der Waals surface area contributed by atoms with Gasteiger partial charge in [-0.1, -0.05) is 0 Å². The Balaban J connectivity index is 2.61. The molecule has 0 spiro atoms. The fourth-order valence-electron chi connectivity index (χ4n) is 0.416. The molecule has 0 radical (unpaired) electrons. The van der Waals surface area contributed by atoms with Gasteiger partial charge in [0.05, 0.1) is 5.75 Å².